The van der Waals surface area contributed by atoms with E-state index in [2.05, 4.69) is 10.3 Å². The van der Waals surface area contributed by atoms with Gasteiger partial charge in [0.1, 0.15) is 11.8 Å². The molecule has 1 amide bonds. The molecule has 0 saturated carbocycles. The second-order valence-corrected chi connectivity index (χ2v) is 7.93. The first kappa shape index (κ1) is 19.0. The molecule has 1 atom stereocenters. The Bertz CT molecular complexity index is 1250. The molecule has 1 unspecified atom stereocenters. The van der Waals surface area contributed by atoms with Crippen molar-refractivity contribution in [2.24, 2.45) is 0 Å². The van der Waals surface area contributed by atoms with Crippen molar-refractivity contribution >= 4 is 33.7 Å². The molecule has 0 aliphatic heterocycles. The first-order valence-electron chi connectivity index (χ1n) is 8.99. The standard InChI is InChI=1S/C23H18N2O3S/c1-29(28)16-12-10-15(11-13-16)17-6-2-5-9-21(17)25-23(27)19-14-24-20-8-4-3-7-18(20)22(19)26/h2-14H,1H3,(H,24,26)(H,25,27). The number of hydrogen-bond donors (Lipinski definition) is 2. The molecule has 5 nitrogen and oxygen atoms in total. The molecular formula is C23H18N2O3S. The van der Waals surface area contributed by atoms with Gasteiger partial charge >= 0.3 is 0 Å². The molecule has 1 aromatic heterocycles. The van der Waals surface area contributed by atoms with Gasteiger partial charge in [-0.1, -0.05) is 30.3 Å². The van der Waals surface area contributed by atoms with Gasteiger partial charge in [0.05, 0.1) is 0 Å². The lowest BCUT2D eigenvalue weighted by Crippen LogP contribution is -2.22. The molecule has 0 saturated heterocycles. The number of hydrogen-bond acceptors (Lipinski definition) is 3. The van der Waals surface area contributed by atoms with Crippen LogP contribution in [-0.2, 0) is 11.2 Å². The number of aromatic amines is 1. The first-order chi connectivity index (χ1) is 14.0. The van der Waals surface area contributed by atoms with Gasteiger partial charge in [-0.2, -0.15) is 0 Å². The Labute approximate surface area is 170 Å². The number of amides is 1. The Balaban J connectivity index is 1.68. The van der Waals surface area contributed by atoms with Gasteiger partial charge in [0.15, 0.2) is 4.90 Å². The van der Waals surface area contributed by atoms with E-state index in [-0.39, 0.29) is 11.0 Å². The highest BCUT2D eigenvalue weighted by molar-refractivity contribution is 7.90. The molecule has 0 bridgehead atoms. The van der Waals surface area contributed by atoms with Crippen LogP contribution in [0.25, 0.3) is 22.0 Å². The highest BCUT2D eigenvalue weighted by atomic mass is 32.2. The predicted molar refractivity (Wildman–Crippen MR) is 117 cm³/mol. The van der Waals surface area contributed by atoms with Gasteiger partial charge in [-0.15, -0.1) is 0 Å². The van der Waals surface area contributed by atoms with Crippen LogP contribution in [0.2, 0.25) is 0 Å². The lowest BCUT2D eigenvalue weighted by Gasteiger charge is -2.12. The van der Waals surface area contributed by atoms with Crippen molar-refractivity contribution in [3.63, 3.8) is 0 Å². The molecule has 3 aromatic carbocycles. The third-order valence-electron chi connectivity index (χ3n) is 4.71. The Kier molecular flexibility index (Phi) is 5.20. The number of benzene rings is 3. The smallest absolute Gasteiger partial charge is 0.261 e. The number of aromatic nitrogens is 1. The molecule has 0 spiro atoms. The van der Waals surface area contributed by atoms with Crippen molar-refractivity contribution in [2.45, 2.75) is 4.90 Å². The Hall–Kier alpha value is -3.35. The molecule has 0 aliphatic rings. The van der Waals surface area contributed by atoms with E-state index in [1.807, 2.05) is 36.4 Å². The maximum Gasteiger partial charge on any atom is 0.261 e. The molecule has 4 rings (SSSR count). The van der Waals surface area contributed by atoms with Gasteiger partial charge in [0.25, 0.3) is 5.91 Å². The minimum Gasteiger partial charge on any atom is -0.612 e. The summed E-state index contributed by atoms with van der Waals surface area (Å²) in [6.45, 7) is 0. The number of pyridine rings is 1. The molecule has 0 fully saturated rings. The van der Waals surface area contributed by atoms with Crippen LogP contribution in [-0.4, -0.2) is 21.7 Å². The third-order valence-corrected chi connectivity index (χ3v) is 5.64. The topological polar surface area (TPSA) is 85.0 Å². The highest BCUT2D eigenvalue weighted by Crippen LogP contribution is 2.29. The summed E-state index contributed by atoms with van der Waals surface area (Å²) in [5.74, 6) is -0.476. The fraction of sp³-hybridized carbons (Fsp3) is 0.0435. The van der Waals surface area contributed by atoms with Crippen molar-refractivity contribution in [1.29, 1.82) is 0 Å². The molecule has 0 radical (unpaired) electrons. The van der Waals surface area contributed by atoms with Crippen LogP contribution < -0.4 is 10.7 Å². The van der Waals surface area contributed by atoms with Gasteiger partial charge in [0, 0.05) is 28.4 Å². The summed E-state index contributed by atoms with van der Waals surface area (Å²) in [4.78, 5) is 29.3. The summed E-state index contributed by atoms with van der Waals surface area (Å²) in [7, 11) is 0. The highest BCUT2D eigenvalue weighted by Gasteiger charge is 2.15. The van der Waals surface area contributed by atoms with Crippen molar-refractivity contribution in [3.8, 4) is 11.1 Å². The zero-order valence-electron chi connectivity index (χ0n) is 15.6. The number of rotatable bonds is 4. The quantitative estimate of drug-likeness (QED) is 0.502. The molecule has 29 heavy (non-hydrogen) atoms. The summed E-state index contributed by atoms with van der Waals surface area (Å²) < 4.78 is 11.6. The van der Waals surface area contributed by atoms with Gasteiger partial charge in [-0.05, 0) is 59.2 Å². The van der Waals surface area contributed by atoms with Gasteiger partial charge in [-0.3, -0.25) is 9.59 Å². The molecule has 2 N–H and O–H groups in total. The van der Waals surface area contributed by atoms with Crippen molar-refractivity contribution in [3.05, 3.63) is 94.8 Å². The number of para-hydroxylation sites is 2. The van der Waals surface area contributed by atoms with E-state index in [9.17, 15) is 14.1 Å². The lowest BCUT2D eigenvalue weighted by molar-refractivity contribution is 0.102. The van der Waals surface area contributed by atoms with Crippen LogP contribution in [0.1, 0.15) is 10.4 Å². The molecule has 6 heteroatoms. The van der Waals surface area contributed by atoms with Gasteiger partial charge < -0.3 is 14.9 Å². The molecule has 144 valence electrons. The Morgan fingerprint density at radius 3 is 2.41 bits per heavy atom. The summed E-state index contributed by atoms with van der Waals surface area (Å²) in [6, 6.07) is 21.8. The number of carbonyl (C=O) groups is 1. The minimum atomic E-state index is -1.06. The molecule has 4 aromatic rings. The maximum absolute atomic E-state index is 12.8. The summed E-state index contributed by atoms with van der Waals surface area (Å²) in [5.41, 5.74) is 2.70. The Morgan fingerprint density at radius 2 is 1.66 bits per heavy atom. The van der Waals surface area contributed by atoms with Crippen LogP contribution in [0.5, 0.6) is 0 Å². The van der Waals surface area contributed by atoms with Gasteiger partial charge in [0.2, 0.25) is 5.43 Å². The maximum atomic E-state index is 12.8. The summed E-state index contributed by atoms with van der Waals surface area (Å²) in [5, 5.41) is 3.32. The molecule has 0 aliphatic carbocycles. The normalized spacial score (nSPS) is 11.9. The first-order valence-corrected chi connectivity index (χ1v) is 10.5. The SMILES string of the molecule is C[S+]([O-])c1ccc(-c2ccccc2NC(=O)c2c[nH]c3ccccc3c2=O)cc1. The van der Waals surface area contributed by atoms with E-state index in [1.54, 1.807) is 42.7 Å². The van der Waals surface area contributed by atoms with Crippen LogP contribution in [0, 0.1) is 0 Å². The Morgan fingerprint density at radius 1 is 0.966 bits per heavy atom. The van der Waals surface area contributed by atoms with E-state index in [0.717, 1.165) is 16.0 Å². The number of H-pyrrole nitrogens is 1. The number of anilines is 1. The largest absolute Gasteiger partial charge is 0.612 e. The molecule has 1 heterocycles. The average molecular weight is 402 g/mol. The number of carbonyl (C=O) groups excluding carboxylic acids is 1. The second kappa shape index (κ2) is 7.95. The minimum absolute atomic E-state index is 0.0511. The fourth-order valence-corrected chi connectivity index (χ4v) is 3.72. The monoisotopic (exact) mass is 402 g/mol. The predicted octanol–water partition coefficient (Wildman–Crippen LogP) is 4.18. The van der Waals surface area contributed by atoms with Crippen LogP contribution in [0.15, 0.2) is 88.7 Å². The number of fused-ring (bicyclic) bond motifs is 1. The number of nitrogens with one attached hydrogen (secondary N) is 2. The van der Waals surface area contributed by atoms with Gasteiger partial charge in [-0.25, -0.2) is 0 Å². The van der Waals surface area contributed by atoms with Crippen molar-refractivity contribution in [2.75, 3.05) is 11.6 Å². The van der Waals surface area contributed by atoms with Crippen LogP contribution in [0.3, 0.4) is 0 Å². The van der Waals surface area contributed by atoms with E-state index in [1.165, 1.54) is 6.20 Å². The van der Waals surface area contributed by atoms with Crippen molar-refractivity contribution < 1.29 is 9.35 Å². The van der Waals surface area contributed by atoms with Crippen molar-refractivity contribution in [1.82, 2.24) is 4.98 Å². The van der Waals surface area contributed by atoms with E-state index in [4.69, 9.17) is 0 Å². The van der Waals surface area contributed by atoms with E-state index >= 15 is 0 Å². The zero-order chi connectivity index (χ0) is 20.4. The summed E-state index contributed by atoms with van der Waals surface area (Å²) in [6.07, 6.45) is 3.07. The third kappa shape index (κ3) is 3.81. The van der Waals surface area contributed by atoms with E-state index < -0.39 is 17.1 Å². The second-order valence-electron chi connectivity index (χ2n) is 6.56. The lowest BCUT2D eigenvalue weighted by atomic mass is 10.0. The average Bonchev–Trinajstić information content (AvgIpc) is 2.74. The molecular weight excluding hydrogens is 384 g/mol. The van der Waals surface area contributed by atoms with Crippen LogP contribution in [0.4, 0.5) is 5.69 Å². The summed E-state index contributed by atoms with van der Waals surface area (Å²) >= 11 is -1.06. The zero-order valence-corrected chi connectivity index (χ0v) is 16.5. The van der Waals surface area contributed by atoms with Crippen LogP contribution >= 0.6 is 0 Å². The fourth-order valence-electron chi connectivity index (χ4n) is 3.20. The van der Waals surface area contributed by atoms with E-state index in [0.29, 0.717) is 16.6 Å².